The largest absolute Gasteiger partial charge is 0.361 e. The van der Waals surface area contributed by atoms with Gasteiger partial charge in [0.15, 0.2) is 9.84 Å². The lowest BCUT2D eigenvalue weighted by atomic mass is 9.73. The summed E-state index contributed by atoms with van der Waals surface area (Å²) in [6.07, 6.45) is 4.91. The third kappa shape index (κ3) is 2.68. The zero-order valence-corrected chi connectivity index (χ0v) is 15.3. The van der Waals surface area contributed by atoms with Gasteiger partial charge in [-0.15, -0.1) is 0 Å². The van der Waals surface area contributed by atoms with Crippen LogP contribution in [0.3, 0.4) is 0 Å². The number of piperidine rings is 1. The van der Waals surface area contributed by atoms with E-state index in [9.17, 15) is 8.42 Å². The topological polar surface area (TPSA) is 53.2 Å². The maximum Gasteiger partial charge on any atom is 0.150 e. The van der Waals surface area contributed by atoms with Gasteiger partial charge in [-0.2, -0.15) is 0 Å². The average molecular weight is 346 g/mol. The van der Waals surface area contributed by atoms with Gasteiger partial charge in [-0.05, 0) is 49.4 Å². The Morgan fingerprint density at radius 2 is 2.17 bits per heavy atom. The molecule has 2 heterocycles. The number of nitrogens with one attached hydrogen (secondary N) is 1. The van der Waals surface area contributed by atoms with Crippen LogP contribution in [0.1, 0.15) is 36.8 Å². The van der Waals surface area contributed by atoms with Crippen LogP contribution in [-0.2, 0) is 16.3 Å². The monoisotopic (exact) mass is 346 g/mol. The minimum absolute atomic E-state index is 0.239. The first-order valence-corrected chi connectivity index (χ1v) is 10.8. The molecule has 1 fully saturated rings. The molecule has 1 aliphatic heterocycles. The van der Waals surface area contributed by atoms with E-state index >= 15 is 0 Å². The second kappa shape index (κ2) is 5.88. The lowest BCUT2D eigenvalue weighted by Gasteiger charge is -2.45. The van der Waals surface area contributed by atoms with Gasteiger partial charge in [0, 0.05) is 41.4 Å². The summed E-state index contributed by atoms with van der Waals surface area (Å²) in [5.41, 5.74) is 4.03. The van der Waals surface area contributed by atoms with Crippen LogP contribution >= 0.6 is 0 Å². The van der Waals surface area contributed by atoms with Crippen molar-refractivity contribution < 1.29 is 8.42 Å². The van der Waals surface area contributed by atoms with Crippen LogP contribution in [0.5, 0.6) is 0 Å². The van der Waals surface area contributed by atoms with E-state index in [1.807, 2.05) is 6.92 Å². The Labute approximate surface area is 144 Å². The van der Waals surface area contributed by atoms with Crippen LogP contribution in [0.25, 0.3) is 10.9 Å². The molecule has 4 rings (SSSR count). The normalized spacial score (nSPS) is 27.3. The van der Waals surface area contributed by atoms with E-state index in [1.54, 1.807) is 0 Å². The molecule has 5 heteroatoms. The SMILES string of the molecule is CCCS(=O)(=O)C[C@@H]1CC2c3cccc4[nH]cc(c34)C[C@H]2N(C)C1. The number of aromatic nitrogens is 1. The van der Waals surface area contributed by atoms with Crippen molar-refractivity contribution in [3.8, 4) is 0 Å². The number of rotatable bonds is 4. The molecule has 1 N–H and O–H groups in total. The molecule has 0 radical (unpaired) electrons. The smallest absolute Gasteiger partial charge is 0.150 e. The number of likely N-dealkylation sites (N-methyl/N-ethyl adjacent to an activating group) is 1. The van der Waals surface area contributed by atoms with Gasteiger partial charge in [0.25, 0.3) is 0 Å². The number of aromatic amines is 1. The van der Waals surface area contributed by atoms with Crippen LogP contribution in [0.4, 0.5) is 0 Å². The van der Waals surface area contributed by atoms with E-state index in [4.69, 9.17) is 0 Å². The molecule has 1 aromatic heterocycles. The number of likely N-dealkylation sites (tertiary alicyclic amines) is 1. The second-order valence-electron chi connectivity index (χ2n) is 7.62. The highest BCUT2D eigenvalue weighted by atomic mass is 32.2. The lowest BCUT2D eigenvalue weighted by molar-refractivity contribution is 0.120. The molecule has 2 aromatic rings. The fourth-order valence-electron chi connectivity index (χ4n) is 4.93. The molecular weight excluding hydrogens is 320 g/mol. The summed E-state index contributed by atoms with van der Waals surface area (Å²) in [5, 5.41) is 1.38. The highest BCUT2D eigenvalue weighted by Gasteiger charge is 2.40. The summed E-state index contributed by atoms with van der Waals surface area (Å²) in [5.74, 6) is 1.34. The predicted octanol–water partition coefficient (Wildman–Crippen LogP) is 2.95. The van der Waals surface area contributed by atoms with E-state index in [1.165, 1.54) is 22.0 Å². The third-order valence-electron chi connectivity index (χ3n) is 5.82. The van der Waals surface area contributed by atoms with Crippen LogP contribution in [0.2, 0.25) is 0 Å². The van der Waals surface area contributed by atoms with Crippen molar-refractivity contribution in [1.82, 2.24) is 9.88 Å². The van der Waals surface area contributed by atoms with E-state index in [0.29, 0.717) is 29.9 Å². The number of H-pyrrole nitrogens is 1. The van der Waals surface area contributed by atoms with Crippen LogP contribution < -0.4 is 0 Å². The Morgan fingerprint density at radius 3 is 2.96 bits per heavy atom. The molecule has 1 aliphatic carbocycles. The quantitative estimate of drug-likeness (QED) is 0.926. The van der Waals surface area contributed by atoms with Gasteiger partial charge in [-0.3, -0.25) is 0 Å². The summed E-state index contributed by atoms with van der Waals surface area (Å²) in [6.45, 7) is 2.83. The summed E-state index contributed by atoms with van der Waals surface area (Å²) in [4.78, 5) is 5.79. The first kappa shape index (κ1) is 16.2. The summed E-state index contributed by atoms with van der Waals surface area (Å²) in [6, 6.07) is 6.99. The number of fused-ring (bicyclic) bond motifs is 2. The summed E-state index contributed by atoms with van der Waals surface area (Å²) >= 11 is 0. The average Bonchev–Trinajstić information content (AvgIpc) is 2.93. The minimum atomic E-state index is -2.93. The van der Waals surface area contributed by atoms with Gasteiger partial charge in [0.05, 0.1) is 5.75 Å². The molecule has 1 aromatic carbocycles. The zero-order chi connectivity index (χ0) is 16.9. The lowest BCUT2D eigenvalue weighted by Crippen LogP contribution is -2.49. The Kier molecular flexibility index (Phi) is 3.96. The maximum absolute atomic E-state index is 12.3. The van der Waals surface area contributed by atoms with Crippen molar-refractivity contribution in [2.45, 2.75) is 38.1 Å². The molecule has 2 aliphatic rings. The number of sulfone groups is 1. The van der Waals surface area contributed by atoms with Crippen molar-refractivity contribution in [1.29, 1.82) is 0 Å². The Hall–Kier alpha value is -1.33. The van der Waals surface area contributed by atoms with E-state index < -0.39 is 9.84 Å². The van der Waals surface area contributed by atoms with E-state index in [0.717, 1.165) is 19.4 Å². The number of nitrogens with zero attached hydrogens (tertiary/aromatic N) is 1. The molecule has 130 valence electrons. The number of hydrogen-bond donors (Lipinski definition) is 1. The summed E-state index contributed by atoms with van der Waals surface area (Å²) in [7, 11) is -0.766. The van der Waals surface area contributed by atoms with E-state index in [2.05, 4.69) is 41.3 Å². The van der Waals surface area contributed by atoms with Crippen LogP contribution in [0, 0.1) is 5.92 Å². The Balaban J connectivity index is 1.66. The standard InChI is InChI=1S/C19H26N2O2S/c1-3-7-24(22,23)12-13-8-16-15-5-4-6-17-19(15)14(10-20-17)9-18(16)21(2)11-13/h4-6,10,13,16,18,20H,3,7-9,11-12H2,1-2H3/t13-,16?,18-/m1/s1. The van der Waals surface area contributed by atoms with Crippen LogP contribution in [0.15, 0.2) is 24.4 Å². The van der Waals surface area contributed by atoms with Crippen molar-refractivity contribution in [3.05, 3.63) is 35.5 Å². The van der Waals surface area contributed by atoms with Crippen molar-refractivity contribution in [3.63, 3.8) is 0 Å². The Morgan fingerprint density at radius 1 is 1.33 bits per heavy atom. The molecule has 4 nitrogen and oxygen atoms in total. The molecule has 0 spiro atoms. The summed E-state index contributed by atoms with van der Waals surface area (Å²) < 4.78 is 24.6. The van der Waals surface area contributed by atoms with Crippen molar-refractivity contribution >= 4 is 20.7 Å². The fourth-order valence-corrected chi connectivity index (χ4v) is 6.68. The molecule has 1 saturated heterocycles. The number of benzene rings is 1. The molecular formula is C19H26N2O2S. The molecule has 24 heavy (non-hydrogen) atoms. The fraction of sp³-hybridized carbons (Fsp3) is 0.579. The first-order valence-electron chi connectivity index (χ1n) is 8.98. The van der Waals surface area contributed by atoms with Gasteiger partial charge in [0.1, 0.15) is 0 Å². The molecule has 1 unspecified atom stereocenters. The van der Waals surface area contributed by atoms with E-state index in [-0.39, 0.29) is 5.92 Å². The minimum Gasteiger partial charge on any atom is -0.361 e. The molecule has 0 saturated carbocycles. The van der Waals surface area contributed by atoms with Gasteiger partial charge in [-0.25, -0.2) is 8.42 Å². The van der Waals surface area contributed by atoms with Gasteiger partial charge < -0.3 is 9.88 Å². The predicted molar refractivity (Wildman–Crippen MR) is 98.2 cm³/mol. The number of hydrogen-bond acceptors (Lipinski definition) is 3. The Bertz CT molecular complexity index is 855. The van der Waals surface area contributed by atoms with Crippen LogP contribution in [-0.4, -0.2) is 49.4 Å². The van der Waals surface area contributed by atoms with Crippen molar-refractivity contribution in [2.75, 3.05) is 25.1 Å². The third-order valence-corrected chi connectivity index (χ3v) is 7.83. The molecule has 0 bridgehead atoms. The maximum atomic E-state index is 12.3. The van der Waals surface area contributed by atoms with Crippen molar-refractivity contribution in [2.24, 2.45) is 5.92 Å². The first-order chi connectivity index (χ1) is 11.5. The highest BCUT2D eigenvalue weighted by Crippen LogP contribution is 2.44. The van der Waals surface area contributed by atoms with Gasteiger partial charge in [-0.1, -0.05) is 19.1 Å². The second-order valence-corrected chi connectivity index (χ2v) is 9.85. The zero-order valence-electron chi connectivity index (χ0n) is 14.5. The van der Waals surface area contributed by atoms with Gasteiger partial charge >= 0.3 is 0 Å². The molecule has 0 amide bonds. The highest BCUT2D eigenvalue weighted by molar-refractivity contribution is 7.91. The van der Waals surface area contributed by atoms with Gasteiger partial charge in [0.2, 0.25) is 0 Å². The molecule has 3 atom stereocenters.